The fourth-order valence-corrected chi connectivity index (χ4v) is 1.54. The smallest absolute Gasteiger partial charge is 0.371 e. The van der Waals surface area contributed by atoms with Crippen molar-refractivity contribution >= 4 is 23.4 Å². The molecule has 2 aromatic rings. The van der Waals surface area contributed by atoms with Gasteiger partial charge in [-0.15, -0.1) is 0 Å². The van der Waals surface area contributed by atoms with Gasteiger partial charge >= 0.3 is 5.97 Å². The van der Waals surface area contributed by atoms with E-state index in [1.165, 1.54) is 18.2 Å². The predicted molar refractivity (Wildman–Crippen MR) is 60.5 cm³/mol. The highest BCUT2D eigenvalue weighted by atomic mass is 35.5. The van der Waals surface area contributed by atoms with Crippen molar-refractivity contribution < 1.29 is 23.5 Å². The van der Waals surface area contributed by atoms with Crippen LogP contribution in [0.5, 0.6) is 0 Å². The first-order valence-electron chi connectivity index (χ1n) is 4.82. The number of hydrogen-bond donors (Lipinski definition) is 1. The second kappa shape index (κ2) is 4.62. The van der Waals surface area contributed by atoms with E-state index in [0.717, 1.165) is 12.1 Å². The maximum absolute atomic E-state index is 12.9. The van der Waals surface area contributed by atoms with E-state index in [-0.39, 0.29) is 22.1 Å². The minimum atomic E-state index is -1.27. The van der Waals surface area contributed by atoms with Crippen LogP contribution < -0.4 is 0 Å². The Kier molecular flexibility index (Phi) is 3.16. The SMILES string of the molecule is O=C(O)c1ccc(C(=O)c2ccc(F)c(Cl)c2)o1. The molecule has 1 heterocycles. The number of ketones is 1. The van der Waals surface area contributed by atoms with Gasteiger partial charge in [-0.05, 0) is 30.3 Å². The molecule has 6 heteroatoms. The molecule has 0 aliphatic carbocycles. The minimum Gasteiger partial charge on any atom is -0.475 e. The van der Waals surface area contributed by atoms with Gasteiger partial charge in [-0.3, -0.25) is 4.79 Å². The molecule has 18 heavy (non-hydrogen) atoms. The molecule has 0 aliphatic heterocycles. The number of aromatic carboxylic acids is 1. The van der Waals surface area contributed by atoms with Gasteiger partial charge in [0, 0.05) is 5.56 Å². The van der Waals surface area contributed by atoms with Crippen molar-refractivity contribution in [3.8, 4) is 0 Å². The van der Waals surface area contributed by atoms with E-state index in [2.05, 4.69) is 0 Å². The number of hydrogen-bond acceptors (Lipinski definition) is 3. The molecule has 0 radical (unpaired) electrons. The molecule has 0 saturated carbocycles. The summed E-state index contributed by atoms with van der Waals surface area (Å²) < 4.78 is 17.8. The van der Waals surface area contributed by atoms with Crippen LogP contribution in [0.25, 0.3) is 0 Å². The largest absolute Gasteiger partial charge is 0.475 e. The first kappa shape index (κ1) is 12.3. The molecule has 0 aliphatic rings. The maximum atomic E-state index is 12.9. The second-order valence-corrected chi connectivity index (χ2v) is 3.83. The van der Waals surface area contributed by atoms with Crippen molar-refractivity contribution in [2.24, 2.45) is 0 Å². The monoisotopic (exact) mass is 268 g/mol. The van der Waals surface area contributed by atoms with Gasteiger partial charge in [0.15, 0.2) is 5.76 Å². The number of carboxylic acids is 1. The first-order valence-corrected chi connectivity index (χ1v) is 5.19. The molecule has 0 unspecified atom stereocenters. The Morgan fingerprint density at radius 2 is 1.83 bits per heavy atom. The van der Waals surface area contributed by atoms with Crippen LogP contribution in [0.3, 0.4) is 0 Å². The topological polar surface area (TPSA) is 67.5 Å². The van der Waals surface area contributed by atoms with E-state index in [1.807, 2.05) is 0 Å². The third-order valence-electron chi connectivity index (χ3n) is 2.22. The number of carbonyl (C=O) groups excluding carboxylic acids is 1. The van der Waals surface area contributed by atoms with E-state index >= 15 is 0 Å². The number of carbonyl (C=O) groups is 2. The van der Waals surface area contributed by atoms with Gasteiger partial charge in [0.2, 0.25) is 11.5 Å². The van der Waals surface area contributed by atoms with Gasteiger partial charge < -0.3 is 9.52 Å². The molecule has 4 nitrogen and oxygen atoms in total. The van der Waals surface area contributed by atoms with E-state index in [0.29, 0.717) is 0 Å². The Morgan fingerprint density at radius 1 is 1.17 bits per heavy atom. The molecule has 0 saturated heterocycles. The Bertz CT molecular complexity index is 633. The molecular weight excluding hydrogens is 263 g/mol. The summed E-state index contributed by atoms with van der Waals surface area (Å²) in [5.74, 6) is -2.96. The third-order valence-corrected chi connectivity index (χ3v) is 2.51. The fraction of sp³-hybridized carbons (Fsp3) is 0. The van der Waals surface area contributed by atoms with Gasteiger partial charge in [-0.1, -0.05) is 11.6 Å². The van der Waals surface area contributed by atoms with Gasteiger partial charge in [0.05, 0.1) is 5.02 Å². The Balaban J connectivity index is 2.35. The van der Waals surface area contributed by atoms with Crippen LogP contribution in [0.15, 0.2) is 34.7 Å². The Morgan fingerprint density at radius 3 is 2.39 bits per heavy atom. The zero-order valence-electron chi connectivity index (χ0n) is 8.81. The molecule has 0 spiro atoms. The number of halogens is 2. The van der Waals surface area contributed by atoms with Gasteiger partial charge in [-0.25, -0.2) is 9.18 Å². The van der Waals surface area contributed by atoms with Crippen LogP contribution in [0.1, 0.15) is 26.7 Å². The second-order valence-electron chi connectivity index (χ2n) is 3.43. The predicted octanol–water partition coefficient (Wildman–Crippen LogP) is 3.00. The van der Waals surface area contributed by atoms with Crippen LogP contribution in [0.2, 0.25) is 5.02 Å². The van der Waals surface area contributed by atoms with Crippen LogP contribution in [0.4, 0.5) is 4.39 Å². The summed E-state index contributed by atoms with van der Waals surface area (Å²) in [6.45, 7) is 0. The van der Waals surface area contributed by atoms with Crippen LogP contribution in [0, 0.1) is 5.82 Å². The highest BCUT2D eigenvalue weighted by molar-refractivity contribution is 6.31. The third kappa shape index (κ3) is 2.26. The summed E-state index contributed by atoms with van der Waals surface area (Å²) in [6.07, 6.45) is 0. The quantitative estimate of drug-likeness (QED) is 0.869. The summed E-state index contributed by atoms with van der Waals surface area (Å²) in [6, 6.07) is 5.86. The lowest BCUT2D eigenvalue weighted by atomic mass is 10.1. The standard InChI is InChI=1S/C12H6ClFO4/c13-7-5-6(1-2-8(7)14)11(15)9-3-4-10(18-9)12(16)17/h1-5H,(H,16,17). The number of carboxylic acid groups (broad SMARTS) is 1. The first-order chi connectivity index (χ1) is 8.49. The lowest BCUT2D eigenvalue weighted by Gasteiger charge is -1.99. The van der Waals surface area contributed by atoms with Gasteiger partial charge in [-0.2, -0.15) is 0 Å². The number of benzene rings is 1. The summed E-state index contributed by atoms with van der Waals surface area (Å²) >= 11 is 5.55. The molecule has 1 N–H and O–H groups in total. The summed E-state index contributed by atoms with van der Waals surface area (Å²) in [4.78, 5) is 22.5. The normalized spacial score (nSPS) is 10.3. The molecule has 1 aromatic heterocycles. The average Bonchev–Trinajstić information content (AvgIpc) is 2.81. The Hall–Kier alpha value is -2.14. The number of furan rings is 1. The Labute approximate surface area is 106 Å². The van der Waals surface area contributed by atoms with Crippen LogP contribution in [-0.2, 0) is 0 Å². The summed E-state index contributed by atoms with van der Waals surface area (Å²) in [5, 5.41) is 8.47. The molecule has 0 fully saturated rings. The van der Waals surface area contributed by atoms with Gasteiger partial charge in [0.1, 0.15) is 5.82 Å². The van der Waals surface area contributed by atoms with E-state index < -0.39 is 17.6 Å². The van der Waals surface area contributed by atoms with E-state index in [9.17, 15) is 14.0 Å². The minimum absolute atomic E-state index is 0.118. The molecule has 0 bridgehead atoms. The maximum Gasteiger partial charge on any atom is 0.371 e. The summed E-state index contributed by atoms with van der Waals surface area (Å²) in [5.41, 5.74) is 0.118. The molecule has 2 rings (SSSR count). The van der Waals surface area contributed by atoms with Crippen molar-refractivity contribution in [2.75, 3.05) is 0 Å². The molecule has 1 aromatic carbocycles. The lowest BCUT2D eigenvalue weighted by Crippen LogP contribution is -2.00. The lowest BCUT2D eigenvalue weighted by molar-refractivity contribution is 0.0660. The van der Waals surface area contributed by atoms with Crippen molar-refractivity contribution in [3.63, 3.8) is 0 Å². The molecular formula is C12H6ClFO4. The van der Waals surface area contributed by atoms with Gasteiger partial charge in [0.25, 0.3) is 0 Å². The van der Waals surface area contributed by atoms with E-state index in [4.69, 9.17) is 21.1 Å². The fourth-order valence-electron chi connectivity index (χ4n) is 1.35. The van der Waals surface area contributed by atoms with Crippen LogP contribution >= 0.6 is 11.6 Å². The molecule has 0 atom stereocenters. The van der Waals surface area contributed by atoms with Crippen molar-refractivity contribution in [1.29, 1.82) is 0 Å². The van der Waals surface area contributed by atoms with Crippen LogP contribution in [-0.4, -0.2) is 16.9 Å². The van der Waals surface area contributed by atoms with E-state index in [1.54, 1.807) is 0 Å². The zero-order chi connectivity index (χ0) is 13.3. The van der Waals surface area contributed by atoms with Crippen molar-refractivity contribution in [3.05, 3.63) is 58.3 Å². The summed E-state index contributed by atoms with van der Waals surface area (Å²) in [7, 11) is 0. The van der Waals surface area contributed by atoms with Crippen molar-refractivity contribution in [1.82, 2.24) is 0 Å². The number of rotatable bonds is 3. The highest BCUT2D eigenvalue weighted by Crippen LogP contribution is 2.19. The highest BCUT2D eigenvalue weighted by Gasteiger charge is 2.17. The molecule has 0 amide bonds. The average molecular weight is 269 g/mol. The zero-order valence-corrected chi connectivity index (χ0v) is 9.57. The van der Waals surface area contributed by atoms with Crippen molar-refractivity contribution in [2.45, 2.75) is 0 Å². The molecule has 92 valence electrons.